The highest BCUT2D eigenvalue weighted by Crippen LogP contribution is 2.28. The lowest BCUT2D eigenvalue weighted by Gasteiger charge is -2.17. The first-order chi connectivity index (χ1) is 12.2. The van der Waals surface area contributed by atoms with Crippen molar-refractivity contribution in [1.82, 2.24) is 14.9 Å². The number of nitrogens with one attached hydrogen (secondary N) is 1. The van der Waals surface area contributed by atoms with Gasteiger partial charge in [0.25, 0.3) is 0 Å². The molecule has 0 spiro atoms. The minimum Gasteiger partial charge on any atom is -0.488 e. The SMILES string of the molecule is OCCOc1ccc(CN[C@@H]2CC(Cn3ccnc3)C[C@H]2O)cc1F. The Morgan fingerprint density at radius 1 is 1.36 bits per heavy atom. The van der Waals surface area contributed by atoms with Crippen LogP contribution in [0.1, 0.15) is 18.4 Å². The first kappa shape index (κ1) is 17.8. The Morgan fingerprint density at radius 3 is 2.96 bits per heavy atom. The molecule has 2 aromatic rings. The fraction of sp³-hybridized carbons (Fsp3) is 0.500. The fourth-order valence-corrected chi connectivity index (χ4v) is 3.36. The summed E-state index contributed by atoms with van der Waals surface area (Å²) >= 11 is 0. The molecule has 1 heterocycles. The molecule has 1 saturated carbocycles. The number of hydrogen-bond donors (Lipinski definition) is 3. The maximum Gasteiger partial charge on any atom is 0.165 e. The van der Waals surface area contributed by atoms with Crippen molar-refractivity contribution in [3.05, 3.63) is 48.3 Å². The van der Waals surface area contributed by atoms with E-state index in [0.717, 1.165) is 24.9 Å². The maximum absolute atomic E-state index is 13.9. The second-order valence-electron chi connectivity index (χ2n) is 6.49. The summed E-state index contributed by atoms with van der Waals surface area (Å²) < 4.78 is 21.1. The third-order valence-electron chi connectivity index (χ3n) is 4.57. The zero-order valence-corrected chi connectivity index (χ0v) is 14.0. The van der Waals surface area contributed by atoms with Crippen molar-refractivity contribution in [2.24, 2.45) is 5.92 Å². The van der Waals surface area contributed by atoms with E-state index < -0.39 is 11.9 Å². The van der Waals surface area contributed by atoms with Crippen LogP contribution in [0.15, 0.2) is 36.9 Å². The van der Waals surface area contributed by atoms with Gasteiger partial charge in [0.05, 0.1) is 19.0 Å². The van der Waals surface area contributed by atoms with Gasteiger partial charge in [-0.05, 0) is 36.5 Å². The number of rotatable bonds is 8. The monoisotopic (exact) mass is 349 g/mol. The molecule has 1 aliphatic rings. The smallest absolute Gasteiger partial charge is 0.165 e. The number of halogens is 1. The Hall–Kier alpha value is -1.96. The Balaban J connectivity index is 1.50. The molecule has 3 rings (SSSR count). The summed E-state index contributed by atoms with van der Waals surface area (Å²) in [5.74, 6) is 0.0875. The lowest BCUT2D eigenvalue weighted by Crippen LogP contribution is -2.35. The molecule has 3 N–H and O–H groups in total. The first-order valence-electron chi connectivity index (χ1n) is 8.55. The number of hydrogen-bond acceptors (Lipinski definition) is 5. The molecule has 1 aromatic heterocycles. The van der Waals surface area contributed by atoms with Gasteiger partial charge in [0.2, 0.25) is 0 Å². The number of imidazole rings is 1. The normalized spacial score (nSPS) is 23.1. The van der Waals surface area contributed by atoms with Gasteiger partial charge in [0.1, 0.15) is 6.61 Å². The molecular formula is C18H24FN3O3. The molecular weight excluding hydrogens is 325 g/mol. The van der Waals surface area contributed by atoms with E-state index in [0.29, 0.717) is 12.5 Å². The van der Waals surface area contributed by atoms with E-state index in [1.807, 2.05) is 10.8 Å². The van der Waals surface area contributed by atoms with Crippen LogP contribution in [-0.2, 0) is 13.1 Å². The van der Waals surface area contributed by atoms with Gasteiger partial charge in [0, 0.05) is 31.5 Å². The van der Waals surface area contributed by atoms with Crippen molar-refractivity contribution in [1.29, 1.82) is 0 Å². The molecule has 1 aromatic carbocycles. The highest BCUT2D eigenvalue weighted by molar-refractivity contribution is 5.29. The third-order valence-corrected chi connectivity index (χ3v) is 4.57. The lowest BCUT2D eigenvalue weighted by molar-refractivity contribution is 0.145. The summed E-state index contributed by atoms with van der Waals surface area (Å²) in [5.41, 5.74) is 0.791. The number of ether oxygens (including phenoxy) is 1. The van der Waals surface area contributed by atoms with Gasteiger partial charge in [-0.25, -0.2) is 9.37 Å². The average molecular weight is 349 g/mol. The summed E-state index contributed by atoms with van der Waals surface area (Å²) in [6.07, 6.45) is 6.69. The molecule has 0 radical (unpaired) electrons. The predicted molar refractivity (Wildman–Crippen MR) is 90.6 cm³/mol. The zero-order chi connectivity index (χ0) is 17.6. The molecule has 3 atom stereocenters. The second kappa shape index (κ2) is 8.42. The Morgan fingerprint density at radius 2 is 2.24 bits per heavy atom. The van der Waals surface area contributed by atoms with Crippen LogP contribution in [0.25, 0.3) is 0 Å². The summed E-state index contributed by atoms with van der Waals surface area (Å²) in [6.45, 7) is 1.25. The van der Waals surface area contributed by atoms with Crippen molar-refractivity contribution in [3.63, 3.8) is 0 Å². The van der Waals surface area contributed by atoms with Crippen molar-refractivity contribution in [2.45, 2.75) is 38.1 Å². The number of aromatic nitrogens is 2. The Bertz CT molecular complexity index is 666. The molecule has 136 valence electrons. The van der Waals surface area contributed by atoms with Crippen LogP contribution in [0, 0.1) is 11.7 Å². The van der Waals surface area contributed by atoms with E-state index in [4.69, 9.17) is 9.84 Å². The molecule has 25 heavy (non-hydrogen) atoms. The molecule has 1 aliphatic carbocycles. The van der Waals surface area contributed by atoms with Crippen molar-refractivity contribution in [3.8, 4) is 5.75 Å². The Kier molecular flexibility index (Phi) is 6.01. The fourth-order valence-electron chi connectivity index (χ4n) is 3.36. The lowest BCUT2D eigenvalue weighted by atomic mass is 10.1. The van der Waals surface area contributed by atoms with Crippen LogP contribution in [0.3, 0.4) is 0 Å². The molecule has 7 heteroatoms. The topological polar surface area (TPSA) is 79.5 Å². The Labute approximate surface area is 146 Å². The molecule has 0 amide bonds. The van der Waals surface area contributed by atoms with Crippen LogP contribution in [0.5, 0.6) is 5.75 Å². The van der Waals surface area contributed by atoms with Gasteiger partial charge >= 0.3 is 0 Å². The highest BCUT2D eigenvalue weighted by atomic mass is 19.1. The van der Waals surface area contributed by atoms with Gasteiger partial charge in [-0.3, -0.25) is 0 Å². The quantitative estimate of drug-likeness (QED) is 0.670. The summed E-state index contributed by atoms with van der Waals surface area (Å²) in [6, 6.07) is 4.77. The molecule has 1 fully saturated rings. The van der Waals surface area contributed by atoms with Crippen LogP contribution >= 0.6 is 0 Å². The summed E-state index contributed by atoms with van der Waals surface area (Å²) in [7, 11) is 0. The minimum absolute atomic E-state index is 0.00176. The molecule has 0 aliphatic heterocycles. The van der Waals surface area contributed by atoms with Crippen molar-refractivity contribution < 1.29 is 19.3 Å². The molecule has 6 nitrogen and oxygen atoms in total. The number of nitrogens with zero attached hydrogens (tertiary/aromatic N) is 2. The minimum atomic E-state index is -0.447. The van der Waals surface area contributed by atoms with E-state index in [2.05, 4.69) is 10.3 Å². The van der Waals surface area contributed by atoms with Crippen molar-refractivity contribution in [2.75, 3.05) is 13.2 Å². The van der Waals surface area contributed by atoms with Crippen LogP contribution in [0.4, 0.5) is 4.39 Å². The number of aliphatic hydroxyl groups is 2. The molecule has 0 bridgehead atoms. The average Bonchev–Trinajstić information content (AvgIpc) is 3.22. The van der Waals surface area contributed by atoms with E-state index in [1.54, 1.807) is 24.7 Å². The van der Waals surface area contributed by atoms with Gasteiger partial charge in [-0.1, -0.05) is 6.07 Å². The van der Waals surface area contributed by atoms with Crippen LogP contribution in [-0.4, -0.2) is 45.1 Å². The summed E-state index contributed by atoms with van der Waals surface area (Å²) in [4.78, 5) is 4.04. The van der Waals surface area contributed by atoms with E-state index in [-0.39, 0.29) is 25.0 Å². The van der Waals surface area contributed by atoms with E-state index >= 15 is 0 Å². The van der Waals surface area contributed by atoms with Gasteiger partial charge in [-0.15, -0.1) is 0 Å². The van der Waals surface area contributed by atoms with E-state index in [9.17, 15) is 9.50 Å². The van der Waals surface area contributed by atoms with Crippen molar-refractivity contribution >= 4 is 0 Å². The molecule has 0 saturated heterocycles. The van der Waals surface area contributed by atoms with Crippen LogP contribution < -0.4 is 10.1 Å². The number of benzene rings is 1. The zero-order valence-electron chi connectivity index (χ0n) is 14.0. The summed E-state index contributed by atoms with van der Waals surface area (Å²) in [5, 5.41) is 22.3. The number of aliphatic hydroxyl groups excluding tert-OH is 2. The van der Waals surface area contributed by atoms with Gasteiger partial charge in [0.15, 0.2) is 11.6 Å². The largest absolute Gasteiger partial charge is 0.488 e. The van der Waals surface area contributed by atoms with Gasteiger partial charge in [-0.2, -0.15) is 0 Å². The second-order valence-corrected chi connectivity index (χ2v) is 6.49. The van der Waals surface area contributed by atoms with Gasteiger partial charge < -0.3 is 24.8 Å². The highest BCUT2D eigenvalue weighted by Gasteiger charge is 2.32. The standard InChI is InChI=1S/C18H24FN3O3/c19-15-7-13(1-2-18(15)25-6-5-23)10-21-16-8-14(9-17(16)24)11-22-4-3-20-12-22/h1-4,7,12,14,16-17,21,23-24H,5-6,8-11H2/t14?,16-,17-/m1/s1. The first-order valence-corrected chi connectivity index (χ1v) is 8.55. The third kappa shape index (κ3) is 4.78. The maximum atomic E-state index is 13.9. The predicted octanol–water partition coefficient (Wildman–Crippen LogP) is 1.32. The van der Waals surface area contributed by atoms with Crippen LogP contribution in [0.2, 0.25) is 0 Å². The van der Waals surface area contributed by atoms with E-state index in [1.165, 1.54) is 6.07 Å². The molecule has 1 unspecified atom stereocenters.